The van der Waals surface area contributed by atoms with Gasteiger partial charge in [0, 0.05) is 43.0 Å². The minimum atomic E-state index is -0.133. The molecule has 0 saturated heterocycles. The van der Waals surface area contributed by atoms with E-state index in [9.17, 15) is 4.79 Å². The molecule has 0 bridgehead atoms. The van der Waals surface area contributed by atoms with Crippen LogP contribution in [0.15, 0.2) is 77.4 Å². The summed E-state index contributed by atoms with van der Waals surface area (Å²) < 4.78 is 7.31. The number of amides is 1. The minimum absolute atomic E-state index is 0.133. The van der Waals surface area contributed by atoms with Crippen molar-refractivity contribution in [1.82, 2.24) is 19.6 Å². The molecule has 0 aliphatic carbocycles. The zero-order chi connectivity index (χ0) is 25.2. The van der Waals surface area contributed by atoms with Gasteiger partial charge in [-0.3, -0.25) is 4.79 Å². The Morgan fingerprint density at radius 3 is 2.44 bits per heavy atom. The summed E-state index contributed by atoms with van der Waals surface area (Å²) in [6.45, 7) is 5.67. The number of carbonyl (C=O) groups is 1. The summed E-state index contributed by atoms with van der Waals surface area (Å²) in [5.74, 6) is 0.989. The van der Waals surface area contributed by atoms with E-state index in [-0.39, 0.29) is 5.91 Å². The van der Waals surface area contributed by atoms with Gasteiger partial charge in [-0.25, -0.2) is 0 Å². The topological polar surface area (TPSA) is 76.2 Å². The molecule has 0 radical (unpaired) electrons. The first kappa shape index (κ1) is 23.5. The second kappa shape index (κ2) is 9.79. The van der Waals surface area contributed by atoms with Gasteiger partial charge in [-0.2, -0.15) is 4.98 Å². The van der Waals surface area contributed by atoms with Gasteiger partial charge < -0.3 is 19.3 Å². The van der Waals surface area contributed by atoms with Gasteiger partial charge in [0.05, 0.1) is 5.52 Å². The number of nitrogens with zero attached hydrogens (tertiary/aromatic N) is 4. The Labute approximate surface area is 210 Å². The molecule has 3 aromatic carbocycles. The molecule has 5 rings (SSSR count). The third-order valence-corrected chi connectivity index (χ3v) is 6.29. The monoisotopic (exact) mass is 479 g/mol. The number of hydrogen-bond donors (Lipinski definition) is 1. The summed E-state index contributed by atoms with van der Waals surface area (Å²) in [5, 5.41) is 8.20. The fourth-order valence-electron chi connectivity index (χ4n) is 4.31. The van der Waals surface area contributed by atoms with Crippen LogP contribution >= 0.6 is 0 Å². The maximum Gasteiger partial charge on any atom is 0.255 e. The van der Waals surface area contributed by atoms with E-state index in [1.807, 2.05) is 60.7 Å². The van der Waals surface area contributed by atoms with E-state index in [2.05, 4.69) is 58.2 Å². The maximum absolute atomic E-state index is 13.0. The van der Waals surface area contributed by atoms with Crippen LogP contribution in [0.25, 0.3) is 33.4 Å². The lowest BCUT2D eigenvalue weighted by atomic mass is 9.97. The third-order valence-electron chi connectivity index (χ3n) is 6.29. The van der Waals surface area contributed by atoms with Gasteiger partial charge in [0.2, 0.25) is 11.7 Å². The minimum Gasteiger partial charge on any atom is -0.346 e. The standard InChI is InChI=1S/C29H29N5O2/c1-19-17-24(28-30-20(2)36-32-28)10-12-26(19)21-5-7-23(8-6-21)29(35)31-25-11-9-22-13-14-34(27(22)18-25)16-15-33(3)4/h5-14,17-18H,15-16H2,1-4H3,(H,31,35). The number of likely N-dealkylation sites (N-methyl/N-ethyl adjacent to an activating group) is 1. The predicted molar refractivity (Wildman–Crippen MR) is 143 cm³/mol. The zero-order valence-corrected chi connectivity index (χ0v) is 20.9. The molecule has 182 valence electrons. The van der Waals surface area contributed by atoms with Gasteiger partial charge in [0.25, 0.3) is 5.91 Å². The third kappa shape index (κ3) is 4.92. The van der Waals surface area contributed by atoms with Crippen molar-refractivity contribution in [1.29, 1.82) is 0 Å². The summed E-state index contributed by atoms with van der Waals surface area (Å²) in [7, 11) is 4.13. The first-order valence-corrected chi connectivity index (χ1v) is 11.9. The highest BCUT2D eigenvalue weighted by Crippen LogP contribution is 2.28. The van der Waals surface area contributed by atoms with Gasteiger partial charge in [-0.15, -0.1) is 0 Å². The molecule has 0 aliphatic heterocycles. The number of nitrogens with one attached hydrogen (secondary N) is 1. The normalized spacial score (nSPS) is 11.4. The fraction of sp³-hybridized carbons (Fsp3) is 0.207. The maximum atomic E-state index is 13.0. The van der Waals surface area contributed by atoms with E-state index in [1.165, 1.54) is 0 Å². The van der Waals surface area contributed by atoms with Crippen molar-refractivity contribution >= 4 is 22.5 Å². The molecule has 7 heteroatoms. The predicted octanol–water partition coefficient (Wildman–Crippen LogP) is 5.79. The van der Waals surface area contributed by atoms with Crippen LogP contribution in [-0.2, 0) is 6.54 Å². The van der Waals surface area contributed by atoms with Crippen molar-refractivity contribution in [2.45, 2.75) is 20.4 Å². The Hall–Kier alpha value is -4.23. The SMILES string of the molecule is Cc1nc(-c2ccc(-c3ccc(C(=O)Nc4ccc5ccn(CCN(C)C)c5c4)cc3)c(C)c2)no1. The molecule has 0 unspecified atom stereocenters. The number of benzene rings is 3. The fourth-order valence-corrected chi connectivity index (χ4v) is 4.31. The number of carbonyl (C=O) groups excluding carboxylic acids is 1. The molecule has 1 amide bonds. The summed E-state index contributed by atoms with van der Waals surface area (Å²) in [4.78, 5) is 19.4. The van der Waals surface area contributed by atoms with Crippen LogP contribution in [0.1, 0.15) is 21.8 Å². The first-order chi connectivity index (χ1) is 17.4. The number of aryl methyl sites for hydroxylation is 2. The Balaban J connectivity index is 1.31. The van der Waals surface area contributed by atoms with Crippen LogP contribution in [0.3, 0.4) is 0 Å². The van der Waals surface area contributed by atoms with Gasteiger partial charge in [-0.05, 0) is 79.5 Å². The van der Waals surface area contributed by atoms with Gasteiger partial charge in [0.15, 0.2) is 0 Å². The van der Waals surface area contributed by atoms with Crippen LogP contribution in [0.5, 0.6) is 0 Å². The molecule has 0 spiro atoms. The second-order valence-electron chi connectivity index (χ2n) is 9.28. The highest BCUT2D eigenvalue weighted by atomic mass is 16.5. The van der Waals surface area contributed by atoms with Crippen molar-refractivity contribution < 1.29 is 9.32 Å². The number of fused-ring (bicyclic) bond motifs is 1. The number of hydrogen-bond acceptors (Lipinski definition) is 5. The molecular weight excluding hydrogens is 450 g/mol. The molecule has 5 aromatic rings. The molecule has 1 N–H and O–H groups in total. The van der Waals surface area contributed by atoms with Crippen molar-refractivity contribution in [3.8, 4) is 22.5 Å². The lowest BCUT2D eigenvalue weighted by Crippen LogP contribution is -2.18. The Bertz CT molecular complexity index is 1530. The Kier molecular flexibility index (Phi) is 6.40. The average Bonchev–Trinajstić information content (AvgIpc) is 3.48. The van der Waals surface area contributed by atoms with Crippen molar-refractivity contribution in [2.24, 2.45) is 0 Å². The van der Waals surface area contributed by atoms with Crippen LogP contribution in [0.2, 0.25) is 0 Å². The summed E-state index contributed by atoms with van der Waals surface area (Å²) >= 11 is 0. The van der Waals surface area contributed by atoms with Crippen LogP contribution in [-0.4, -0.2) is 46.2 Å². The van der Waals surface area contributed by atoms with Crippen LogP contribution in [0, 0.1) is 13.8 Å². The zero-order valence-electron chi connectivity index (χ0n) is 20.9. The second-order valence-corrected chi connectivity index (χ2v) is 9.28. The lowest BCUT2D eigenvalue weighted by Gasteiger charge is -2.12. The van der Waals surface area contributed by atoms with Crippen LogP contribution in [0.4, 0.5) is 5.69 Å². The summed E-state index contributed by atoms with van der Waals surface area (Å²) in [5.41, 5.74) is 6.64. The van der Waals surface area contributed by atoms with E-state index >= 15 is 0 Å². The quantitative estimate of drug-likeness (QED) is 0.320. The molecular formula is C29H29N5O2. The number of aromatic nitrogens is 3. The molecule has 2 heterocycles. The van der Waals surface area contributed by atoms with Gasteiger partial charge in [-0.1, -0.05) is 35.5 Å². The number of rotatable bonds is 7. The molecule has 0 aliphatic rings. The highest BCUT2D eigenvalue weighted by molar-refractivity contribution is 6.05. The van der Waals surface area contributed by atoms with Gasteiger partial charge >= 0.3 is 0 Å². The molecule has 36 heavy (non-hydrogen) atoms. The molecule has 0 saturated carbocycles. The van der Waals surface area contributed by atoms with E-state index < -0.39 is 0 Å². The summed E-state index contributed by atoms with van der Waals surface area (Å²) in [6.07, 6.45) is 2.09. The Morgan fingerprint density at radius 1 is 0.972 bits per heavy atom. The average molecular weight is 480 g/mol. The van der Waals surface area contributed by atoms with E-state index in [1.54, 1.807) is 6.92 Å². The van der Waals surface area contributed by atoms with E-state index in [0.29, 0.717) is 17.3 Å². The van der Waals surface area contributed by atoms with Crippen molar-refractivity contribution in [3.63, 3.8) is 0 Å². The van der Waals surface area contributed by atoms with Crippen molar-refractivity contribution in [2.75, 3.05) is 26.0 Å². The lowest BCUT2D eigenvalue weighted by molar-refractivity contribution is 0.102. The van der Waals surface area contributed by atoms with Crippen molar-refractivity contribution in [3.05, 3.63) is 89.9 Å². The largest absolute Gasteiger partial charge is 0.346 e. The first-order valence-electron chi connectivity index (χ1n) is 11.9. The highest BCUT2D eigenvalue weighted by Gasteiger charge is 2.11. The van der Waals surface area contributed by atoms with Gasteiger partial charge in [0.1, 0.15) is 0 Å². The Morgan fingerprint density at radius 2 is 1.75 bits per heavy atom. The smallest absolute Gasteiger partial charge is 0.255 e. The molecule has 7 nitrogen and oxygen atoms in total. The number of anilines is 1. The molecule has 0 atom stereocenters. The van der Waals surface area contributed by atoms with E-state index in [4.69, 9.17) is 4.52 Å². The van der Waals surface area contributed by atoms with Crippen LogP contribution < -0.4 is 5.32 Å². The van der Waals surface area contributed by atoms with E-state index in [0.717, 1.165) is 51.9 Å². The molecule has 0 fully saturated rings. The summed E-state index contributed by atoms with van der Waals surface area (Å²) in [6, 6.07) is 21.9. The molecule has 2 aromatic heterocycles.